The third kappa shape index (κ3) is 3.47. The summed E-state index contributed by atoms with van der Waals surface area (Å²) in [6, 6.07) is 5.21. The summed E-state index contributed by atoms with van der Waals surface area (Å²) in [7, 11) is -4.75. The number of alkyl halides is 2. The standard InChI is InChI=1S/C14H15F2NO3S/c15-14(16)21(19,20)12-9-5-4-8-11(12)17-13(18)10-6-2-1-3-7-10/h1-2,4-5,8-10,14H,3,6-7H2,(H,17,18). The Labute approximate surface area is 121 Å². The number of hydrogen-bond acceptors (Lipinski definition) is 3. The van der Waals surface area contributed by atoms with E-state index in [1.54, 1.807) is 0 Å². The van der Waals surface area contributed by atoms with E-state index in [-0.39, 0.29) is 17.5 Å². The summed E-state index contributed by atoms with van der Waals surface area (Å²) in [4.78, 5) is 11.5. The van der Waals surface area contributed by atoms with Crippen LogP contribution in [-0.2, 0) is 14.6 Å². The van der Waals surface area contributed by atoms with E-state index >= 15 is 0 Å². The normalized spacial score (nSPS) is 18.7. The molecule has 0 fully saturated rings. The highest BCUT2D eigenvalue weighted by atomic mass is 32.2. The molecule has 0 bridgehead atoms. The number of carbonyl (C=O) groups excluding carboxylic acids is 1. The average molecular weight is 315 g/mol. The van der Waals surface area contributed by atoms with Crippen molar-refractivity contribution in [3.05, 3.63) is 36.4 Å². The fourth-order valence-electron chi connectivity index (χ4n) is 2.18. The van der Waals surface area contributed by atoms with E-state index < -0.39 is 20.5 Å². The van der Waals surface area contributed by atoms with Crippen LogP contribution in [0.1, 0.15) is 19.3 Å². The maximum Gasteiger partial charge on any atom is 0.341 e. The van der Waals surface area contributed by atoms with Crippen LogP contribution in [-0.4, -0.2) is 20.1 Å². The van der Waals surface area contributed by atoms with Crippen molar-refractivity contribution in [1.82, 2.24) is 0 Å². The van der Waals surface area contributed by atoms with Crippen molar-refractivity contribution in [3.8, 4) is 0 Å². The number of halogens is 2. The highest BCUT2D eigenvalue weighted by Gasteiger charge is 2.30. The lowest BCUT2D eigenvalue weighted by atomic mass is 9.93. The minimum Gasteiger partial charge on any atom is -0.325 e. The highest BCUT2D eigenvalue weighted by molar-refractivity contribution is 7.91. The Bertz CT molecular complexity index is 656. The van der Waals surface area contributed by atoms with Crippen molar-refractivity contribution in [3.63, 3.8) is 0 Å². The van der Waals surface area contributed by atoms with Crippen molar-refractivity contribution in [2.45, 2.75) is 29.9 Å². The number of para-hydroxylation sites is 1. The average Bonchev–Trinajstić information content (AvgIpc) is 2.48. The maximum absolute atomic E-state index is 12.7. The van der Waals surface area contributed by atoms with Crippen LogP contribution < -0.4 is 5.32 Å². The molecule has 0 aliphatic heterocycles. The van der Waals surface area contributed by atoms with E-state index in [0.717, 1.165) is 12.5 Å². The Morgan fingerprint density at radius 1 is 1.24 bits per heavy atom. The minimum absolute atomic E-state index is 0.0997. The smallest absolute Gasteiger partial charge is 0.325 e. The van der Waals surface area contributed by atoms with Crippen molar-refractivity contribution < 1.29 is 22.0 Å². The second-order valence-electron chi connectivity index (χ2n) is 4.77. The largest absolute Gasteiger partial charge is 0.341 e. The van der Waals surface area contributed by atoms with Gasteiger partial charge in [0.05, 0.1) is 10.6 Å². The maximum atomic E-state index is 12.7. The van der Waals surface area contributed by atoms with E-state index in [2.05, 4.69) is 5.32 Å². The van der Waals surface area contributed by atoms with Crippen molar-refractivity contribution in [2.24, 2.45) is 5.92 Å². The molecule has 1 aliphatic carbocycles. The highest BCUT2D eigenvalue weighted by Crippen LogP contribution is 2.27. The van der Waals surface area contributed by atoms with Gasteiger partial charge in [-0.05, 0) is 31.4 Å². The van der Waals surface area contributed by atoms with Gasteiger partial charge in [-0.25, -0.2) is 8.42 Å². The molecule has 114 valence electrons. The molecule has 0 spiro atoms. The molecule has 1 amide bonds. The number of sulfone groups is 1. The number of anilines is 1. The van der Waals surface area contributed by atoms with Crippen LogP contribution in [0.4, 0.5) is 14.5 Å². The Hall–Kier alpha value is -1.76. The Kier molecular flexibility index (Phi) is 4.72. The number of allylic oxidation sites excluding steroid dienone is 2. The lowest BCUT2D eigenvalue weighted by Gasteiger charge is -2.18. The van der Waals surface area contributed by atoms with Gasteiger partial charge in [0.2, 0.25) is 15.7 Å². The molecule has 0 radical (unpaired) electrons. The lowest BCUT2D eigenvalue weighted by Crippen LogP contribution is -2.25. The molecule has 21 heavy (non-hydrogen) atoms. The summed E-state index contributed by atoms with van der Waals surface area (Å²) in [5.41, 5.74) is -0.0997. The first-order valence-corrected chi connectivity index (χ1v) is 8.04. The summed E-state index contributed by atoms with van der Waals surface area (Å²) in [6.07, 6.45) is 5.85. The molecule has 4 nitrogen and oxygen atoms in total. The first kappa shape index (κ1) is 15.6. The number of rotatable bonds is 4. The molecule has 1 atom stereocenters. The number of carbonyl (C=O) groups is 1. The molecule has 0 heterocycles. The number of benzene rings is 1. The second kappa shape index (κ2) is 6.34. The van der Waals surface area contributed by atoms with Crippen LogP contribution in [0.3, 0.4) is 0 Å². The van der Waals surface area contributed by atoms with Crippen LogP contribution in [0.2, 0.25) is 0 Å². The van der Waals surface area contributed by atoms with Gasteiger partial charge in [0, 0.05) is 5.92 Å². The van der Waals surface area contributed by atoms with Crippen LogP contribution in [0.5, 0.6) is 0 Å². The number of hydrogen-bond donors (Lipinski definition) is 1. The van der Waals surface area contributed by atoms with E-state index in [0.29, 0.717) is 12.8 Å². The molecule has 1 aromatic carbocycles. The van der Waals surface area contributed by atoms with Gasteiger partial charge in [0.1, 0.15) is 0 Å². The summed E-state index contributed by atoms with van der Waals surface area (Å²) in [6.45, 7) is 0. The molecule has 1 N–H and O–H groups in total. The molecular formula is C14H15F2NO3S. The van der Waals surface area contributed by atoms with Gasteiger partial charge >= 0.3 is 5.76 Å². The van der Waals surface area contributed by atoms with E-state index in [1.807, 2.05) is 12.2 Å². The van der Waals surface area contributed by atoms with E-state index in [1.165, 1.54) is 18.2 Å². The van der Waals surface area contributed by atoms with Crippen molar-refractivity contribution in [1.29, 1.82) is 0 Å². The summed E-state index contributed by atoms with van der Waals surface area (Å²) in [5.74, 6) is -4.14. The molecule has 2 rings (SSSR count). The molecule has 0 saturated heterocycles. The fourth-order valence-corrected chi connectivity index (χ4v) is 3.07. The molecule has 1 unspecified atom stereocenters. The van der Waals surface area contributed by atoms with Crippen molar-refractivity contribution in [2.75, 3.05) is 5.32 Å². The molecule has 1 aliphatic rings. The van der Waals surface area contributed by atoms with Crippen LogP contribution in [0, 0.1) is 5.92 Å². The van der Waals surface area contributed by atoms with Crippen molar-refractivity contribution >= 4 is 21.4 Å². The Balaban J connectivity index is 2.25. The Morgan fingerprint density at radius 3 is 2.57 bits per heavy atom. The molecule has 7 heteroatoms. The van der Waals surface area contributed by atoms with Gasteiger partial charge in [-0.2, -0.15) is 8.78 Å². The van der Waals surface area contributed by atoms with Gasteiger partial charge in [0.25, 0.3) is 0 Å². The van der Waals surface area contributed by atoms with E-state index in [4.69, 9.17) is 0 Å². The van der Waals surface area contributed by atoms with E-state index in [9.17, 15) is 22.0 Å². The summed E-state index contributed by atoms with van der Waals surface area (Å²) < 4.78 is 48.5. The lowest BCUT2D eigenvalue weighted by molar-refractivity contribution is -0.120. The molecular weight excluding hydrogens is 300 g/mol. The predicted molar refractivity (Wildman–Crippen MR) is 74.7 cm³/mol. The van der Waals surface area contributed by atoms with Crippen LogP contribution in [0.15, 0.2) is 41.3 Å². The zero-order valence-corrected chi connectivity index (χ0v) is 11.9. The van der Waals surface area contributed by atoms with Crippen LogP contribution >= 0.6 is 0 Å². The summed E-state index contributed by atoms with van der Waals surface area (Å²) >= 11 is 0. The van der Waals surface area contributed by atoms with Gasteiger partial charge in [-0.3, -0.25) is 4.79 Å². The van der Waals surface area contributed by atoms with Gasteiger partial charge in [-0.15, -0.1) is 0 Å². The monoisotopic (exact) mass is 315 g/mol. The first-order valence-electron chi connectivity index (χ1n) is 6.50. The third-order valence-corrected chi connectivity index (χ3v) is 4.76. The van der Waals surface area contributed by atoms with Gasteiger partial charge in [-0.1, -0.05) is 24.3 Å². The van der Waals surface area contributed by atoms with Crippen LogP contribution in [0.25, 0.3) is 0 Å². The van der Waals surface area contributed by atoms with Gasteiger partial charge in [0.15, 0.2) is 0 Å². The summed E-state index contributed by atoms with van der Waals surface area (Å²) in [5, 5.41) is 2.46. The zero-order valence-electron chi connectivity index (χ0n) is 11.1. The number of nitrogens with one attached hydrogen (secondary N) is 1. The molecule has 0 saturated carbocycles. The quantitative estimate of drug-likeness (QED) is 0.869. The fraction of sp³-hybridized carbons (Fsp3) is 0.357. The number of amides is 1. The zero-order chi connectivity index (χ0) is 15.5. The first-order chi connectivity index (χ1) is 9.93. The topological polar surface area (TPSA) is 63.2 Å². The SMILES string of the molecule is O=C(Nc1ccccc1S(=O)(=O)C(F)F)C1CC=CCC1. The minimum atomic E-state index is -4.75. The third-order valence-electron chi connectivity index (χ3n) is 3.33. The molecule has 1 aromatic rings. The Morgan fingerprint density at radius 2 is 1.95 bits per heavy atom. The molecule has 0 aromatic heterocycles. The predicted octanol–water partition coefficient (Wildman–Crippen LogP) is 2.98. The second-order valence-corrected chi connectivity index (χ2v) is 6.66. The van der Waals surface area contributed by atoms with Gasteiger partial charge < -0.3 is 5.32 Å².